The Morgan fingerprint density at radius 1 is 0.812 bits per heavy atom. The number of hydrogen-bond acceptors (Lipinski definition) is 2. The molecule has 4 heteroatoms. The molecule has 3 aromatic carbocycles. The molecule has 0 N–H and O–H groups in total. The molecule has 1 fully saturated rings. The fourth-order valence-electron chi connectivity index (χ4n) is 6.16. The van der Waals surface area contributed by atoms with Crippen LogP contribution in [0, 0.1) is 11.8 Å². The smallest absolute Gasteiger partial charge is 0.238 e. The average Bonchev–Trinajstić information content (AvgIpc) is 3.08. The lowest BCUT2D eigenvalue weighted by Crippen LogP contribution is -2.41. The number of halogens is 1. The second-order valence-corrected chi connectivity index (χ2v) is 9.76. The first kappa shape index (κ1) is 19.8. The number of carbonyl (C=O) groups is 2. The molecular weight excluding hydrogens is 418 g/mol. The van der Waals surface area contributed by atoms with Crippen LogP contribution in [-0.2, 0) is 9.59 Å². The standard InChI is InChI=1S/C28H24ClNO2/c1-3-15(2)16-11-12-21-22(13-16)24-20-10-5-4-9-19(20)23(21)25-26(24)28(32)30(27(25)31)18-8-6-7-17(29)14-18/h4-15,23-26H,3H2,1-2H3/t15-,23-,24-,25-,26+/m0/s1. The first-order valence-electron chi connectivity index (χ1n) is 11.4. The number of hydrogen-bond donors (Lipinski definition) is 0. The van der Waals surface area contributed by atoms with Gasteiger partial charge in [-0.25, -0.2) is 4.90 Å². The second-order valence-electron chi connectivity index (χ2n) is 9.33. The highest BCUT2D eigenvalue weighted by Crippen LogP contribution is 2.61. The van der Waals surface area contributed by atoms with E-state index in [4.69, 9.17) is 11.6 Å². The predicted octanol–water partition coefficient (Wildman–Crippen LogP) is 6.25. The van der Waals surface area contributed by atoms with E-state index in [1.165, 1.54) is 32.7 Å². The summed E-state index contributed by atoms with van der Waals surface area (Å²) < 4.78 is 0. The van der Waals surface area contributed by atoms with E-state index < -0.39 is 0 Å². The van der Waals surface area contributed by atoms with Crippen LogP contribution in [0.3, 0.4) is 0 Å². The highest BCUT2D eigenvalue weighted by Gasteiger charge is 2.61. The van der Waals surface area contributed by atoms with Crippen molar-refractivity contribution >= 4 is 29.1 Å². The Morgan fingerprint density at radius 2 is 1.44 bits per heavy atom. The Bertz CT molecular complexity index is 1280. The number of imide groups is 1. The molecule has 3 nitrogen and oxygen atoms in total. The third kappa shape index (κ3) is 2.55. The average molecular weight is 442 g/mol. The molecule has 5 atom stereocenters. The van der Waals surface area contributed by atoms with Crippen molar-refractivity contribution in [2.75, 3.05) is 4.90 Å². The van der Waals surface area contributed by atoms with Gasteiger partial charge >= 0.3 is 0 Å². The fraction of sp³-hybridized carbons (Fsp3) is 0.286. The van der Waals surface area contributed by atoms with Crippen molar-refractivity contribution in [3.8, 4) is 0 Å². The van der Waals surface area contributed by atoms with Gasteiger partial charge in [-0.3, -0.25) is 9.59 Å². The van der Waals surface area contributed by atoms with E-state index in [0.717, 1.165) is 6.42 Å². The van der Waals surface area contributed by atoms with Crippen LogP contribution in [-0.4, -0.2) is 11.8 Å². The SMILES string of the molecule is CC[C@H](C)c1ccc2c(c1)[C@@H]1c3ccccc3[C@@H]2[C@@H]2C(=O)N(c3cccc(Cl)c3)C(=O)[C@H]12. The van der Waals surface area contributed by atoms with Gasteiger partial charge in [-0.15, -0.1) is 0 Å². The summed E-state index contributed by atoms with van der Waals surface area (Å²) in [5.74, 6) is -0.696. The van der Waals surface area contributed by atoms with E-state index in [1.807, 2.05) is 12.1 Å². The van der Waals surface area contributed by atoms with Gasteiger partial charge in [-0.2, -0.15) is 0 Å². The van der Waals surface area contributed by atoms with Gasteiger partial charge in [0.2, 0.25) is 11.8 Å². The molecule has 0 spiro atoms. The van der Waals surface area contributed by atoms with Crippen LogP contribution in [0.2, 0.25) is 5.02 Å². The number of benzene rings is 3. The van der Waals surface area contributed by atoms with Crippen molar-refractivity contribution in [2.45, 2.75) is 38.0 Å². The summed E-state index contributed by atoms with van der Waals surface area (Å²) in [7, 11) is 0. The molecule has 32 heavy (non-hydrogen) atoms. The quantitative estimate of drug-likeness (QED) is 0.450. The molecule has 7 rings (SSSR count). The van der Waals surface area contributed by atoms with Gasteiger partial charge < -0.3 is 0 Å². The number of nitrogens with zero attached hydrogens (tertiary/aromatic N) is 1. The van der Waals surface area contributed by atoms with E-state index in [1.54, 1.807) is 24.3 Å². The Balaban J connectivity index is 1.55. The van der Waals surface area contributed by atoms with Crippen LogP contribution < -0.4 is 4.90 Å². The van der Waals surface area contributed by atoms with E-state index in [0.29, 0.717) is 16.6 Å². The highest BCUT2D eigenvalue weighted by molar-refractivity contribution is 6.31. The lowest BCUT2D eigenvalue weighted by atomic mass is 9.54. The Hall–Kier alpha value is -2.91. The lowest BCUT2D eigenvalue weighted by molar-refractivity contribution is -0.122. The number of rotatable bonds is 3. The van der Waals surface area contributed by atoms with Gasteiger partial charge in [0.25, 0.3) is 0 Å². The first-order chi connectivity index (χ1) is 15.5. The summed E-state index contributed by atoms with van der Waals surface area (Å²) in [5.41, 5.74) is 6.68. The highest BCUT2D eigenvalue weighted by atomic mass is 35.5. The van der Waals surface area contributed by atoms with Crippen LogP contribution in [0.1, 0.15) is 65.8 Å². The minimum Gasteiger partial charge on any atom is -0.274 e. The molecule has 0 unspecified atom stereocenters. The van der Waals surface area contributed by atoms with Gasteiger partial charge in [0.15, 0.2) is 0 Å². The molecule has 0 radical (unpaired) electrons. The molecule has 3 aliphatic carbocycles. The molecule has 160 valence electrons. The zero-order chi connectivity index (χ0) is 22.1. The molecule has 2 amide bonds. The minimum atomic E-state index is -0.374. The van der Waals surface area contributed by atoms with Gasteiger partial charge in [-0.1, -0.05) is 74.0 Å². The second kappa shape index (κ2) is 7.05. The van der Waals surface area contributed by atoms with Crippen LogP contribution in [0.25, 0.3) is 0 Å². The number of carbonyl (C=O) groups excluding carboxylic acids is 2. The summed E-state index contributed by atoms with van der Waals surface area (Å²) in [6.07, 6.45) is 1.06. The molecule has 3 aromatic rings. The predicted molar refractivity (Wildman–Crippen MR) is 126 cm³/mol. The third-order valence-corrected chi connectivity index (χ3v) is 8.05. The maximum Gasteiger partial charge on any atom is 0.238 e. The zero-order valence-electron chi connectivity index (χ0n) is 18.1. The van der Waals surface area contributed by atoms with Crippen LogP contribution in [0.5, 0.6) is 0 Å². The fourth-order valence-corrected chi connectivity index (χ4v) is 6.34. The summed E-state index contributed by atoms with van der Waals surface area (Å²) in [6.45, 7) is 4.44. The molecule has 0 aromatic heterocycles. The molecule has 0 saturated carbocycles. The summed E-state index contributed by atoms with van der Waals surface area (Å²) in [4.78, 5) is 28.9. The van der Waals surface area contributed by atoms with Crippen LogP contribution in [0.4, 0.5) is 5.69 Å². The molecule has 1 heterocycles. The molecule has 1 aliphatic heterocycles. The van der Waals surface area contributed by atoms with Crippen LogP contribution >= 0.6 is 11.6 Å². The van der Waals surface area contributed by atoms with Crippen LogP contribution in [0.15, 0.2) is 66.7 Å². The normalized spacial score (nSPS) is 26.0. The largest absolute Gasteiger partial charge is 0.274 e. The van der Waals surface area contributed by atoms with E-state index in [2.05, 4.69) is 44.2 Å². The maximum atomic E-state index is 13.8. The topological polar surface area (TPSA) is 37.4 Å². The lowest BCUT2D eigenvalue weighted by Gasteiger charge is -2.46. The van der Waals surface area contributed by atoms with Crippen molar-refractivity contribution in [2.24, 2.45) is 11.8 Å². The Morgan fingerprint density at radius 3 is 2.06 bits per heavy atom. The summed E-state index contributed by atoms with van der Waals surface area (Å²) in [6, 6.07) is 22.1. The van der Waals surface area contributed by atoms with Crippen molar-refractivity contribution in [1.82, 2.24) is 0 Å². The van der Waals surface area contributed by atoms with E-state index in [-0.39, 0.29) is 35.5 Å². The molecule has 2 bridgehead atoms. The zero-order valence-corrected chi connectivity index (χ0v) is 18.8. The first-order valence-corrected chi connectivity index (χ1v) is 11.7. The number of anilines is 1. The Kier molecular flexibility index (Phi) is 4.35. The number of amides is 2. The minimum absolute atomic E-state index is 0.0946. The summed E-state index contributed by atoms with van der Waals surface area (Å²) >= 11 is 6.20. The van der Waals surface area contributed by atoms with Gasteiger partial charge in [0, 0.05) is 16.9 Å². The van der Waals surface area contributed by atoms with Crippen molar-refractivity contribution in [1.29, 1.82) is 0 Å². The van der Waals surface area contributed by atoms with Gasteiger partial charge in [-0.05, 0) is 58.4 Å². The molecule has 1 saturated heterocycles. The summed E-state index contributed by atoms with van der Waals surface area (Å²) in [5, 5.41) is 0.519. The van der Waals surface area contributed by atoms with Gasteiger partial charge in [0.05, 0.1) is 17.5 Å². The Labute approximate surface area is 193 Å². The van der Waals surface area contributed by atoms with Crippen molar-refractivity contribution in [3.63, 3.8) is 0 Å². The molecule has 4 aliphatic rings. The monoisotopic (exact) mass is 441 g/mol. The van der Waals surface area contributed by atoms with E-state index >= 15 is 0 Å². The molecular formula is C28H24ClNO2. The van der Waals surface area contributed by atoms with Gasteiger partial charge in [0.1, 0.15) is 0 Å². The third-order valence-electron chi connectivity index (χ3n) is 7.81. The maximum absolute atomic E-state index is 13.8. The van der Waals surface area contributed by atoms with Crippen molar-refractivity contribution in [3.05, 3.63) is 99.6 Å². The van der Waals surface area contributed by atoms with E-state index in [9.17, 15) is 9.59 Å². The van der Waals surface area contributed by atoms with Crippen molar-refractivity contribution < 1.29 is 9.59 Å².